The zero-order chi connectivity index (χ0) is 71.1. The van der Waals surface area contributed by atoms with Crippen LogP contribution in [0.4, 0.5) is 9.59 Å². The van der Waals surface area contributed by atoms with Crippen molar-refractivity contribution in [3.8, 4) is 34.5 Å². The fourth-order valence-electron chi connectivity index (χ4n) is 12.0. The number of carbonyl (C=O) groups excluding carboxylic acids is 2. The van der Waals surface area contributed by atoms with E-state index < -0.39 is 89.6 Å². The van der Waals surface area contributed by atoms with Gasteiger partial charge in [0.25, 0.3) is 0 Å². The van der Waals surface area contributed by atoms with Crippen molar-refractivity contribution in [3.05, 3.63) is 96.1 Å². The number of nitrogens with zero attached hydrogens (tertiary/aromatic N) is 2. The Morgan fingerprint density at radius 2 is 0.970 bits per heavy atom. The number of alkyl carbamates (subject to hydrolysis) is 2. The van der Waals surface area contributed by atoms with E-state index in [9.17, 15) is 36.6 Å². The number of unbranched alkanes of at least 4 members (excludes halogenated alkanes) is 2. The van der Waals surface area contributed by atoms with Crippen LogP contribution in [0.3, 0.4) is 0 Å². The summed E-state index contributed by atoms with van der Waals surface area (Å²) in [5.74, 6) is 2.73. The molecule has 4 aromatic carbocycles. The second kappa shape index (κ2) is 35.2. The van der Waals surface area contributed by atoms with Crippen LogP contribution in [0, 0.1) is 23.7 Å². The predicted molar refractivity (Wildman–Crippen MR) is 366 cm³/mol. The normalized spacial score (nSPS) is 21.4. The van der Waals surface area contributed by atoms with Crippen molar-refractivity contribution in [2.24, 2.45) is 23.7 Å². The van der Waals surface area contributed by atoms with E-state index in [1.807, 2.05) is 64.1 Å². The van der Waals surface area contributed by atoms with Crippen LogP contribution in [0.2, 0.25) is 18.1 Å². The van der Waals surface area contributed by atoms with Gasteiger partial charge in [0.15, 0.2) is 43.9 Å². The molecule has 0 saturated carbocycles. The number of benzene rings is 4. The Hall–Kier alpha value is -6.06. The first-order valence-electron chi connectivity index (χ1n) is 34.4. The quantitative estimate of drug-likeness (QED) is 0.0216. The zero-order valence-electron chi connectivity index (χ0n) is 58.4. The van der Waals surface area contributed by atoms with Crippen LogP contribution in [0.5, 0.6) is 34.5 Å². The Balaban J connectivity index is 0.000000234. The number of rotatable bonds is 34. The molecule has 2 amide bonds. The van der Waals surface area contributed by atoms with E-state index >= 15 is 0 Å². The minimum absolute atomic E-state index is 0.00886. The number of carbonyl (C=O) groups is 2. The molecule has 6 heterocycles. The Morgan fingerprint density at radius 3 is 1.37 bits per heavy atom. The molecule has 6 aliphatic heterocycles. The summed E-state index contributed by atoms with van der Waals surface area (Å²) in [5.41, 5.74) is 1.60. The van der Waals surface area contributed by atoms with Crippen LogP contribution in [-0.4, -0.2) is 203 Å². The van der Waals surface area contributed by atoms with E-state index in [-0.39, 0.29) is 111 Å². The molecule has 0 bridgehead atoms. The van der Waals surface area contributed by atoms with Crippen molar-refractivity contribution in [1.82, 2.24) is 19.2 Å². The lowest BCUT2D eigenvalue weighted by Crippen LogP contribution is -2.51. The number of nitrogens with one attached hydrogen (secondary N) is 2. The van der Waals surface area contributed by atoms with Gasteiger partial charge in [-0.3, -0.25) is 0 Å². The van der Waals surface area contributed by atoms with E-state index in [1.54, 1.807) is 24.3 Å². The van der Waals surface area contributed by atoms with Crippen LogP contribution in [0.15, 0.2) is 94.7 Å². The summed E-state index contributed by atoms with van der Waals surface area (Å²) in [6.07, 6.45) is -0.839. The Bertz CT molecular complexity index is 3470. The maximum Gasteiger partial charge on any atom is 0.407 e. The number of hydrogen-bond acceptors (Lipinski definition) is 22. The maximum absolute atomic E-state index is 14.0. The lowest BCUT2D eigenvalue weighted by molar-refractivity contribution is -0.0909. The average molecular weight is 1440 g/mol. The van der Waals surface area contributed by atoms with Gasteiger partial charge in [0.05, 0.1) is 85.6 Å². The molecule has 6 aliphatic rings. The van der Waals surface area contributed by atoms with Crippen LogP contribution in [0.1, 0.15) is 98.1 Å². The van der Waals surface area contributed by atoms with Gasteiger partial charge in [0.2, 0.25) is 33.6 Å². The Labute approximate surface area is 583 Å². The molecule has 0 aromatic heterocycles. The van der Waals surface area contributed by atoms with E-state index in [2.05, 4.69) is 44.5 Å². The third kappa shape index (κ3) is 21.3. The number of ether oxygens (including phenoxy) is 12. The Kier molecular flexibility index (Phi) is 27.4. The number of amides is 2. The van der Waals surface area contributed by atoms with E-state index in [0.717, 1.165) is 36.8 Å². The Morgan fingerprint density at radius 1 is 0.566 bits per heavy atom. The molecule has 99 heavy (non-hydrogen) atoms. The largest absolute Gasteiger partial charge is 0.494 e. The molecule has 0 aliphatic carbocycles. The lowest BCUT2D eigenvalue weighted by Gasteiger charge is -2.36. The molecule has 4 aromatic rings. The number of aliphatic hydroxyl groups is 3. The second-order valence-electron chi connectivity index (χ2n) is 28.2. The molecule has 10 atom stereocenters. The number of sulfonamides is 2. The average Bonchev–Trinajstić information content (AvgIpc) is 1.64. The fourth-order valence-corrected chi connectivity index (χ4v) is 16.4. The summed E-state index contributed by atoms with van der Waals surface area (Å²) in [4.78, 5) is 26.5. The minimum atomic E-state index is -4.07. The van der Waals surface area contributed by atoms with E-state index in [4.69, 9.17) is 66.4 Å². The molecular weight excluding hydrogens is 1340 g/mol. The first-order valence-corrected chi connectivity index (χ1v) is 40.2. The second-order valence-corrected chi connectivity index (χ2v) is 36.9. The molecule has 0 spiro atoms. The van der Waals surface area contributed by atoms with Crippen molar-refractivity contribution in [3.63, 3.8) is 0 Å². The summed E-state index contributed by atoms with van der Waals surface area (Å²) >= 11 is 0. The molecule has 29 heteroatoms. The molecule has 0 radical (unpaired) electrons. The predicted octanol–water partition coefficient (Wildman–Crippen LogP) is 8.38. The first-order chi connectivity index (χ1) is 47.2. The molecule has 0 unspecified atom stereocenters. The fraction of sp³-hybridized carbons (Fsp3) is 0.629. The van der Waals surface area contributed by atoms with Gasteiger partial charge >= 0.3 is 12.2 Å². The third-order valence-corrected chi connectivity index (χ3v) is 26.8. The highest BCUT2D eigenvalue weighted by atomic mass is 32.2. The van der Waals surface area contributed by atoms with Crippen LogP contribution in [-0.2, 0) is 65.7 Å². The summed E-state index contributed by atoms with van der Waals surface area (Å²) in [5, 5.41) is 38.1. The summed E-state index contributed by atoms with van der Waals surface area (Å²) < 4.78 is 131. The van der Waals surface area contributed by atoms with Crippen molar-refractivity contribution in [2.45, 2.75) is 177 Å². The van der Waals surface area contributed by atoms with Gasteiger partial charge in [0.1, 0.15) is 23.7 Å². The van der Waals surface area contributed by atoms with Crippen molar-refractivity contribution < 1.29 is 103 Å². The molecule has 550 valence electrons. The summed E-state index contributed by atoms with van der Waals surface area (Å²) in [6.45, 7) is 21.9. The van der Waals surface area contributed by atoms with Gasteiger partial charge in [-0.25, -0.2) is 26.4 Å². The smallest absolute Gasteiger partial charge is 0.407 e. The van der Waals surface area contributed by atoms with E-state index in [0.29, 0.717) is 80.4 Å². The van der Waals surface area contributed by atoms with Crippen molar-refractivity contribution >= 4 is 40.6 Å². The van der Waals surface area contributed by atoms with Gasteiger partial charge in [-0.05, 0) is 141 Å². The molecular formula is C70H102N4O22S2Si. The van der Waals surface area contributed by atoms with Crippen molar-refractivity contribution in [1.29, 1.82) is 0 Å². The molecule has 4 saturated heterocycles. The summed E-state index contributed by atoms with van der Waals surface area (Å²) in [7, 11) is -9.91. The van der Waals surface area contributed by atoms with Gasteiger partial charge in [-0.15, -0.1) is 0 Å². The zero-order valence-corrected chi connectivity index (χ0v) is 61.0. The first kappa shape index (κ1) is 77.1. The van der Waals surface area contributed by atoms with Gasteiger partial charge < -0.3 is 87.2 Å². The van der Waals surface area contributed by atoms with Crippen LogP contribution >= 0.6 is 0 Å². The highest BCUT2D eigenvalue weighted by Gasteiger charge is 2.46. The highest BCUT2D eigenvalue weighted by Crippen LogP contribution is 2.39. The van der Waals surface area contributed by atoms with Crippen molar-refractivity contribution in [2.75, 3.05) is 92.6 Å². The number of hydrogen-bond donors (Lipinski definition) is 5. The number of aliphatic hydroxyl groups excluding tert-OH is 3. The van der Waals surface area contributed by atoms with Gasteiger partial charge in [-0.1, -0.05) is 72.7 Å². The third-order valence-electron chi connectivity index (χ3n) is 18.6. The van der Waals surface area contributed by atoms with Gasteiger partial charge in [0, 0.05) is 51.5 Å². The minimum Gasteiger partial charge on any atom is -0.494 e. The topological polar surface area (TPSA) is 314 Å². The van der Waals surface area contributed by atoms with E-state index in [1.165, 1.54) is 32.9 Å². The van der Waals surface area contributed by atoms with Crippen LogP contribution < -0.4 is 39.1 Å². The molecule has 4 fully saturated rings. The molecule has 10 rings (SSSR count). The highest BCUT2D eigenvalue weighted by molar-refractivity contribution is 7.89. The monoisotopic (exact) mass is 1440 g/mol. The standard InChI is InChI=1S/C38H58N2O11SSi.C32H44N2O11S/c1-26(2)22-40(52(43,44)29-14-15-33-34(21-29)49-25-48-33)23-32(41)31(39-37(42)51-35-24-47-36-30(35)16-19-46-36)20-27-10-12-28(13-11-27)45-17-8-9-18-50-53(6,7)38(3,4)5;1-21(2)17-34(46(38,39)24-9-10-28-29(16-24)44-20-43-28)18-27(36)26(15-22-5-7-23(8-6-22)40-13-4-3-12-35)33-32(37)45-30-19-42-31-25(30)11-14-41-31/h10-15,21,26,30-32,35-36,41H,8-9,16-20,22-25H2,1-7H3,(H,39,42);5-10,16,21,25-27,30-31,35-36H,3-4,11-15,17-20H2,1-2H3,(H,33,37)/t30-,31-,32+,35-,36+;25-,26-,27+,30-,31+/m00/s1. The number of fused-ring (bicyclic) bond motifs is 4. The SMILES string of the molecule is CC(C)CN(C[C@@H](O)[C@H](Cc1ccc(OCCCCO)cc1)NC(=O)O[C@H]1CO[C@H]2OCC[C@H]21)S(=O)(=O)c1ccc2c(c1)OCO2.CC(C)CN(C[C@@H](O)[C@H](Cc1ccc(OCCCCO[Si](C)(C)C(C)(C)C)cc1)NC(=O)O[C@H]1CO[C@H]2OCC[C@H]21)S(=O)(=O)c1ccc2c(c1)OCO2. The maximum atomic E-state index is 14.0. The lowest BCUT2D eigenvalue weighted by atomic mass is 10.0. The summed E-state index contributed by atoms with van der Waals surface area (Å²) in [6, 6.07) is 21.8. The molecule has 5 N–H and O–H groups in total. The van der Waals surface area contributed by atoms with Crippen LogP contribution in [0.25, 0.3) is 0 Å². The van der Waals surface area contributed by atoms with Gasteiger partial charge in [-0.2, -0.15) is 8.61 Å². The molecule has 26 nitrogen and oxygen atoms in total.